The van der Waals surface area contributed by atoms with Gasteiger partial charge < -0.3 is 11.1 Å². The SMILES string of the molecule is CC(C)(N)CCCNc1ccc2ccccc2c1. The van der Waals surface area contributed by atoms with Crippen LogP contribution in [0.4, 0.5) is 5.69 Å². The van der Waals surface area contributed by atoms with Crippen LogP contribution >= 0.6 is 0 Å². The number of nitrogens with two attached hydrogens (primary N) is 1. The fraction of sp³-hybridized carbons (Fsp3) is 0.375. The Morgan fingerprint density at radius 2 is 1.78 bits per heavy atom. The minimum absolute atomic E-state index is 0.0644. The minimum Gasteiger partial charge on any atom is -0.385 e. The van der Waals surface area contributed by atoms with E-state index in [-0.39, 0.29) is 5.54 Å². The van der Waals surface area contributed by atoms with Crippen LogP contribution in [0.15, 0.2) is 42.5 Å². The fourth-order valence-electron chi connectivity index (χ4n) is 2.08. The Balaban J connectivity index is 1.92. The number of hydrogen-bond donors (Lipinski definition) is 2. The van der Waals surface area contributed by atoms with Crippen molar-refractivity contribution in [3.63, 3.8) is 0 Å². The zero-order valence-corrected chi connectivity index (χ0v) is 11.2. The second kappa shape index (κ2) is 5.40. The quantitative estimate of drug-likeness (QED) is 0.783. The summed E-state index contributed by atoms with van der Waals surface area (Å²) in [5.41, 5.74) is 7.08. The van der Waals surface area contributed by atoms with Crippen LogP contribution in [-0.4, -0.2) is 12.1 Å². The van der Waals surface area contributed by atoms with Gasteiger partial charge in [-0.1, -0.05) is 30.3 Å². The molecule has 3 N–H and O–H groups in total. The molecule has 0 aromatic heterocycles. The van der Waals surface area contributed by atoms with Gasteiger partial charge in [0, 0.05) is 17.8 Å². The van der Waals surface area contributed by atoms with Crippen LogP contribution < -0.4 is 11.1 Å². The molecule has 2 nitrogen and oxygen atoms in total. The molecule has 0 spiro atoms. The summed E-state index contributed by atoms with van der Waals surface area (Å²) in [4.78, 5) is 0. The third-order valence-corrected chi connectivity index (χ3v) is 3.08. The van der Waals surface area contributed by atoms with Crippen LogP contribution in [0.25, 0.3) is 10.8 Å². The molecule has 0 aliphatic carbocycles. The van der Waals surface area contributed by atoms with Gasteiger partial charge in [0.15, 0.2) is 0 Å². The largest absolute Gasteiger partial charge is 0.385 e. The van der Waals surface area contributed by atoms with Crippen LogP contribution in [0, 0.1) is 0 Å². The molecule has 0 aliphatic rings. The van der Waals surface area contributed by atoms with E-state index in [0.29, 0.717) is 0 Å². The molecule has 96 valence electrons. The van der Waals surface area contributed by atoms with Gasteiger partial charge in [0.2, 0.25) is 0 Å². The highest BCUT2D eigenvalue weighted by molar-refractivity contribution is 5.85. The molecule has 2 heteroatoms. The molecule has 0 radical (unpaired) electrons. The van der Waals surface area contributed by atoms with Crippen molar-refractivity contribution in [2.75, 3.05) is 11.9 Å². The van der Waals surface area contributed by atoms with E-state index in [9.17, 15) is 0 Å². The first-order chi connectivity index (χ1) is 8.54. The highest BCUT2D eigenvalue weighted by Gasteiger charge is 2.08. The molecule has 0 atom stereocenters. The minimum atomic E-state index is -0.0644. The Morgan fingerprint density at radius 3 is 2.50 bits per heavy atom. The highest BCUT2D eigenvalue weighted by Crippen LogP contribution is 2.19. The lowest BCUT2D eigenvalue weighted by atomic mass is 10.0. The van der Waals surface area contributed by atoms with Gasteiger partial charge in [-0.05, 0) is 49.6 Å². The lowest BCUT2D eigenvalue weighted by Crippen LogP contribution is -2.32. The molecule has 0 amide bonds. The lowest BCUT2D eigenvalue weighted by Gasteiger charge is -2.18. The summed E-state index contributed by atoms with van der Waals surface area (Å²) >= 11 is 0. The van der Waals surface area contributed by atoms with Crippen LogP contribution in [0.2, 0.25) is 0 Å². The zero-order chi connectivity index (χ0) is 13.0. The van der Waals surface area contributed by atoms with E-state index in [4.69, 9.17) is 5.73 Å². The van der Waals surface area contributed by atoms with Crippen LogP contribution in [0.3, 0.4) is 0 Å². The molecular weight excluding hydrogens is 220 g/mol. The monoisotopic (exact) mass is 242 g/mol. The van der Waals surface area contributed by atoms with Crippen molar-refractivity contribution in [2.24, 2.45) is 5.73 Å². The molecule has 0 saturated heterocycles. The zero-order valence-electron chi connectivity index (χ0n) is 11.2. The summed E-state index contributed by atoms with van der Waals surface area (Å²) in [7, 11) is 0. The molecule has 2 aromatic rings. The van der Waals surface area contributed by atoms with Gasteiger partial charge in [0.1, 0.15) is 0 Å². The number of nitrogens with one attached hydrogen (secondary N) is 1. The highest BCUT2D eigenvalue weighted by atomic mass is 14.9. The number of rotatable bonds is 5. The predicted molar refractivity (Wildman–Crippen MR) is 79.9 cm³/mol. The second-order valence-electron chi connectivity index (χ2n) is 5.58. The number of benzene rings is 2. The van der Waals surface area contributed by atoms with Crippen molar-refractivity contribution in [3.05, 3.63) is 42.5 Å². The molecule has 0 unspecified atom stereocenters. The van der Waals surface area contributed by atoms with Crippen molar-refractivity contribution in [2.45, 2.75) is 32.2 Å². The number of anilines is 1. The Hall–Kier alpha value is -1.54. The second-order valence-corrected chi connectivity index (χ2v) is 5.58. The molecule has 2 rings (SSSR count). The Bertz CT molecular complexity index is 512. The average molecular weight is 242 g/mol. The van der Waals surface area contributed by atoms with Gasteiger partial charge in [0.05, 0.1) is 0 Å². The first kappa shape index (κ1) is 12.9. The Kier molecular flexibility index (Phi) is 3.87. The molecule has 18 heavy (non-hydrogen) atoms. The van der Waals surface area contributed by atoms with Gasteiger partial charge in [-0.2, -0.15) is 0 Å². The Morgan fingerprint density at radius 1 is 1.06 bits per heavy atom. The predicted octanol–water partition coefficient (Wildman–Crippen LogP) is 3.77. The number of fused-ring (bicyclic) bond motifs is 1. The maximum absolute atomic E-state index is 5.96. The van der Waals surface area contributed by atoms with Gasteiger partial charge in [0.25, 0.3) is 0 Å². The van der Waals surface area contributed by atoms with Crippen molar-refractivity contribution >= 4 is 16.5 Å². The van der Waals surface area contributed by atoms with Crippen molar-refractivity contribution in [1.29, 1.82) is 0 Å². The molecule has 0 fully saturated rings. The summed E-state index contributed by atoms with van der Waals surface area (Å²) in [5.74, 6) is 0. The van der Waals surface area contributed by atoms with E-state index in [1.165, 1.54) is 16.5 Å². The van der Waals surface area contributed by atoms with E-state index in [1.807, 2.05) is 0 Å². The number of hydrogen-bond acceptors (Lipinski definition) is 2. The van der Waals surface area contributed by atoms with E-state index in [2.05, 4.69) is 61.6 Å². The van der Waals surface area contributed by atoms with Gasteiger partial charge in [-0.25, -0.2) is 0 Å². The van der Waals surface area contributed by atoms with Crippen molar-refractivity contribution < 1.29 is 0 Å². The molecule has 0 heterocycles. The van der Waals surface area contributed by atoms with Crippen LogP contribution in [0.1, 0.15) is 26.7 Å². The maximum atomic E-state index is 5.96. The van der Waals surface area contributed by atoms with Gasteiger partial charge in [-0.3, -0.25) is 0 Å². The molecule has 0 saturated carbocycles. The topological polar surface area (TPSA) is 38.0 Å². The third-order valence-electron chi connectivity index (χ3n) is 3.08. The summed E-state index contributed by atoms with van der Waals surface area (Å²) < 4.78 is 0. The third kappa shape index (κ3) is 3.74. The van der Waals surface area contributed by atoms with E-state index in [0.717, 1.165) is 19.4 Å². The maximum Gasteiger partial charge on any atom is 0.0346 e. The summed E-state index contributed by atoms with van der Waals surface area (Å²) in [6, 6.07) is 14.9. The molecule has 0 bridgehead atoms. The molecular formula is C16H22N2. The normalized spacial score (nSPS) is 11.7. The first-order valence-electron chi connectivity index (χ1n) is 6.56. The molecule has 0 aliphatic heterocycles. The van der Waals surface area contributed by atoms with Crippen molar-refractivity contribution in [1.82, 2.24) is 0 Å². The Labute approximate surface area is 109 Å². The first-order valence-corrected chi connectivity index (χ1v) is 6.56. The van der Waals surface area contributed by atoms with Gasteiger partial charge in [-0.15, -0.1) is 0 Å². The van der Waals surface area contributed by atoms with E-state index >= 15 is 0 Å². The van der Waals surface area contributed by atoms with Gasteiger partial charge >= 0.3 is 0 Å². The van der Waals surface area contributed by atoms with E-state index < -0.39 is 0 Å². The summed E-state index contributed by atoms with van der Waals surface area (Å²) in [6.45, 7) is 5.12. The van der Waals surface area contributed by atoms with E-state index in [1.54, 1.807) is 0 Å². The smallest absolute Gasteiger partial charge is 0.0346 e. The fourth-order valence-corrected chi connectivity index (χ4v) is 2.08. The lowest BCUT2D eigenvalue weighted by molar-refractivity contribution is 0.465. The van der Waals surface area contributed by atoms with Crippen LogP contribution in [0.5, 0.6) is 0 Å². The summed E-state index contributed by atoms with van der Waals surface area (Å²) in [6.07, 6.45) is 2.13. The van der Waals surface area contributed by atoms with Crippen molar-refractivity contribution in [3.8, 4) is 0 Å². The molecule has 2 aromatic carbocycles. The van der Waals surface area contributed by atoms with Crippen LogP contribution in [-0.2, 0) is 0 Å². The summed E-state index contributed by atoms with van der Waals surface area (Å²) in [5, 5.41) is 6.02. The standard InChI is InChI=1S/C16H22N2/c1-16(2,17)10-5-11-18-15-9-8-13-6-3-4-7-14(13)12-15/h3-4,6-9,12,18H,5,10-11,17H2,1-2H3. The average Bonchev–Trinajstić information content (AvgIpc) is 2.33.